The molecule has 0 amide bonds. The third kappa shape index (κ3) is 5.41. The van der Waals surface area contributed by atoms with E-state index in [0.29, 0.717) is 64.7 Å². The van der Waals surface area contributed by atoms with Crippen LogP contribution in [0.15, 0.2) is 66.7 Å². The molecule has 5 rings (SSSR count). The van der Waals surface area contributed by atoms with Crippen molar-refractivity contribution in [2.24, 2.45) is 5.92 Å². The van der Waals surface area contributed by atoms with Gasteiger partial charge in [-0.1, -0.05) is 36.4 Å². The van der Waals surface area contributed by atoms with E-state index >= 15 is 0 Å². The SMILES string of the molecule is N#Cc1c(-c2ccc(-c3cccc(C(F)(F)F)c3)cc2)nc2ccc(F)cc2c1NC1CCC(C(=O)O)CC1. The molecule has 0 unspecified atom stereocenters. The van der Waals surface area contributed by atoms with E-state index in [1.54, 1.807) is 30.3 Å². The zero-order chi connectivity index (χ0) is 27.7. The average Bonchev–Trinajstić information content (AvgIpc) is 2.93. The van der Waals surface area contributed by atoms with Crippen LogP contribution in [0.1, 0.15) is 36.8 Å². The molecule has 0 aliphatic heterocycles. The van der Waals surface area contributed by atoms with Gasteiger partial charge in [0.05, 0.1) is 28.4 Å². The first kappa shape index (κ1) is 26.2. The molecule has 2 N–H and O–H groups in total. The van der Waals surface area contributed by atoms with Crippen LogP contribution in [0.2, 0.25) is 0 Å². The molecule has 39 heavy (non-hydrogen) atoms. The lowest BCUT2D eigenvalue weighted by molar-refractivity contribution is -0.142. The number of nitrogens with zero attached hydrogens (tertiary/aromatic N) is 2. The minimum atomic E-state index is -4.46. The second kappa shape index (κ2) is 10.4. The molecule has 0 bridgehead atoms. The molecule has 1 heterocycles. The van der Waals surface area contributed by atoms with Gasteiger partial charge in [0.2, 0.25) is 0 Å². The number of fused-ring (bicyclic) bond motifs is 1. The highest BCUT2D eigenvalue weighted by Gasteiger charge is 2.30. The number of hydrogen-bond acceptors (Lipinski definition) is 4. The Kier molecular flexibility index (Phi) is 6.96. The summed E-state index contributed by atoms with van der Waals surface area (Å²) in [5.74, 6) is -1.71. The molecule has 9 heteroatoms. The Morgan fingerprint density at radius 1 is 0.949 bits per heavy atom. The zero-order valence-electron chi connectivity index (χ0n) is 20.6. The summed E-state index contributed by atoms with van der Waals surface area (Å²) in [4.78, 5) is 16.0. The lowest BCUT2D eigenvalue weighted by atomic mass is 9.86. The van der Waals surface area contributed by atoms with Gasteiger partial charge in [-0.05, 0) is 67.1 Å². The van der Waals surface area contributed by atoms with E-state index in [4.69, 9.17) is 0 Å². The van der Waals surface area contributed by atoms with Crippen molar-refractivity contribution in [3.05, 3.63) is 83.7 Å². The van der Waals surface area contributed by atoms with Crippen LogP contribution in [0.4, 0.5) is 23.2 Å². The van der Waals surface area contributed by atoms with Crippen LogP contribution >= 0.6 is 0 Å². The van der Waals surface area contributed by atoms with Gasteiger partial charge in [-0.15, -0.1) is 0 Å². The number of pyridine rings is 1. The highest BCUT2D eigenvalue weighted by molar-refractivity contribution is 5.98. The van der Waals surface area contributed by atoms with Crippen molar-refractivity contribution in [2.75, 3.05) is 5.32 Å². The van der Waals surface area contributed by atoms with Crippen molar-refractivity contribution in [2.45, 2.75) is 37.9 Å². The van der Waals surface area contributed by atoms with Gasteiger partial charge in [-0.3, -0.25) is 4.79 Å². The van der Waals surface area contributed by atoms with Crippen molar-refractivity contribution in [1.29, 1.82) is 5.26 Å². The van der Waals surface area contributed by atoms with E-state index in [1.165, 1.54) is 24.3 Å². The Bertz CT molecular complexity index is 1590. The monoisotopic (exact) mass is 533 g/mol. The molecule has 4 aromatic rings. The molecule has 0 spiro atoms. The Morgan fingerprint density at radius 3 is 2.28 bits per heavy atom. The standard InChI is InChI=1S/C30H23F4N3O2/c31-22-10-13-26-24(15-22)28(36-23-11-8-19(9-12-23)29(38)39)25(16-35)27(37-26)18-6-4-17(5-7-18)20-2-1-3-21(14-20)30(32,33)34/h1-7,10,13-15,19,23H,8-9,11-12H2,(H,36,37)(H,38,39). The minimum absolute atomic E-state index is 0.0993. The summed E-state index contributed by atoms with van der Waals surface area (Å²) in [6.07, 6.45) is -2.29. The number of carboxylic acid groups (broad SMARTS) is 1. The number of nitriles is 1. The first-order chi connectivity index (χ1) is 18.6. The van der Waals surface area contributed by atoms with E-state index in [-0.39, 0.29) is 11.6 Å². The number of rotatable bonds is 5. The predicted octanol–water partition coefficient (Wildman–Crippen LogP) is 7.65. The second-order valence-corrected chi connectivity index (χ2v) is 9.67. The Hall–Kier alpha value is -4.45. The first-order valence-electron chi connectivity index (χ1n) is 12.4. The number of aliphatic carboxylic acids is 1. The second-order valence-electron chi connectivity index (χ2n) is 9.67. The number of aromatic nitrogens is 1. The van der Waals surface area contributed by atoms with E-state index in [9.17, 15) is 32.7 Å². The maximum Gasteiger partial charge on any atom is 0.416 e. The molecule has 3 aromatic carbocycles. The summed E-state index contributed by atoms with van der Waals surface area (Å²) in [6.45, 7) is 0. The fraction of sp³-hybridized carbons (Fsp3) is 0.233. The summed E-state index contributed by atoms with van der Waals surface area (Å²) >= 11 is 0. The summed E-state index contributed by atoms with van der Waals surface area (Å²) < 4.78 is 53.7. The van der Waals surface area contributed by atoms with Gasteiger partial charge < -0.3 is 10.4 Å². The summed E-state index contributed by atoms with van der Waals surface area (Å²) in [5.41, 5.74) is 2.26. The molecule has 198 valence electrons. The predicted molar refractivity (Wildman–Crippen MR) is 139 cm³/mol. The fourth-order valence-corrected chi connectivity index (χ4v) is 5.09. The molecule has 1 aromatic heterocycles. The molecule has 5 nitrogen and oxygen atoms in total. The Morgan fingerprint density at radius 2 is 1.64 bits per heavy atom. The first-order valence-corrected chi connectivity index (χ1v) is 12.4. The zero-order valence-corrected chi connectivity index (χ0v) is 20.6. The molecule has 0 saturated heterocycles. The number of carboxylic acids is 1. The van der Waals surface area contributed by atoms with Crippen LogP contribution in [0.5, 0.6) is 0 Å². The molecular weight excluding hydrogens is 510 g/mol. The molecule has 1 aliphatic carbocycles. The van der Waals surface area contributed by atoms with Crippen LogP contribution in [-0.2, 0) is 11.0 Å². The van der Waals surface area contributed by atoms with Gasteiger partial charge in [0.25, 0.3) is 0 Å². The fourth-order valence-electron chi connectivity index (χ4n) is 5.09. The molecule has 1 fully saturated rings. The van der Waals surface area contributed by atoms with Crippen molar-refractivity contribution >= 4 is 22.6 Å². The molecule has 1 saturated carbocycles. The van der Waals surface area contributed by atoms with Gasteiger partial charge in [0, 0.05) is 17.0 Å². The lowest BCUT2D eigenvalue weighted by Gasteiger charge is -2.28. The smallest absolute Gasteiger partial charge is 0.416 e. The molecule has 0 atom stereocenters. The quantitative estimate of drug-likeness (QED) is 0.257. The highest BCUT2D eigenvalue weighted by atomic mass is 19.4. The number of benzene rings is 3. The van der Waals surface area contributed by atoms with Crippen LogP contribution in [0.3, 0.4) is 0 Å². The minimum Gasteiger partial charge on any atom is -0.481 e. The van der Waals surface area contributed by atoms with Crippen molar-refractivity contribution in [3.63, 3.8) is 0 Å². The normalized spacial score (nSPS) is 17.5. The van der Waals surface area contributed by atoms with E-state index in [1.807, 2.05) is 0 Å². The van der Waals surface area contributed by atoms with Crippen molar-refractivity contribution in [3.8, 4) is 28.5 Å². The highest BCUT2D eigenvalue weighted by Crippen LogP contribution is 2.38. The Labute approximate surface area is 221 Å². The average molecular weight is 534 g/mol. The van der Waals surface area contributed by atoms with Gasteiger partial charge in [0.1, 0.15) is 17.4 Å². The number of anilines is 1. The summed E-state index contributed by atoms with van der Waals surface area (Å²) in [6, 6.07) is 18.0. The number of halogens is 4. The third-order valence-corrected chi connectivity index (χ3v) is 7.17. The third-order valence-electron chi connectivity index (χ3n) is 7.17. The van der Waals surface area contributed by atoms with Crippen molar-refractivity contribution in [1.82, 2.24) is 4.98 Å². The van der Waals surface area contributed by atoms with Crippen LogP contribution < -0.4 is 5.32 Å². The molecule has 1 aliphatic rings. The van der Waals surface area contributed by atoms with E-state index in [2.05, 4.69) is 16.4 Å². The van der Waals surface area contributed by atoms with Gasteiger partial charge in [0.15, 0.2) is 0 Å². The van der Waals surface area contributed by atoms with E-state index in [0.717, 1.165) is 12.1 Å². The number of hydrogen-bond donors (Lipinski definition) is 2. The largest absolute Gasteiger partial charge is 0.481 e. The number of nitrogens with one attached hydrogen (secondary N) is 1. The number of carbonyl (C=O) groups is 1. The van der Waals surface area contributed by atoms with Crippen LogP contribution in [-0.4, -0.2) is 22.1 Å². The van der Waals surface area contributed by atoms with Gasteiger partial charge >= 0.3 is 12.1 Å². The van der Waals surface area contributed by atoms with Gasteiger partial charge in [-0.2, -0.15) is 18.4 Å². The molecular formula is C30H23F4N3O2. The molecule has 0 radical (unpaired) electrons. The van der Waals surface area contributed by atoms with E-state index < -0.39 is 29.4 Å². The summed E-state index contributed by atoms with van der Waals surface area (Å²) in [7, 11) is 0. The van der Waals surface area contributed by atoms with Gasteiger partial charge in [-0.25, -0.2) is 9.37 Å². The topological polar surface area (TPSA) is 86.0 Å². The Balaban J connectivity index is 1.54. The lowest BCUT2D eigenvalue weighted by Crippen LogP contribution is -2.29. The maximum atomic E-state index is 14.2. The maximum absolute atomic E-state index is 14.2. The number of alkyl halides is 3. The summed E-state index contributed by atoms with van der Waals surface area (Å²) in [5, 5.41) is 23.3. The van der Waals surface area contributed by atoms with Crippen molar-refractivity contribution < 1.29 is 27.5 Å². The van der Waals surface area contributed by atoms with Crippen LogP contribution in [0, 0.1) is 23.1 Å². The van der Waals surface area contributed by atoms with Crippen LogP contribution in [0.25, 0.3) is 33.3 Å².